The Morgan fingerprint density at radius 3 is 2.50 bits per heavy atom. The molecule has 0 fully saturated rings. The maximum atomic E-state index is 10.1. The molecule has 0 aliphatic rings. The van der Waals surface area contributed by atoms with Crippen molar-refractivity contribution in [3.05, 3.63) is 0 Å². The Morgan fingerprint density at radius 1 is 1.60 bits per heavy atom. The van der Waals surface area contributed by atoms with E-state index < -0.39 is 0 Å². The molecule has 0 aromatic heterocycles. The van der Waals surface area contributed by atoms with Crippen molar-refractivity contribution in [1.82, 2.24) is 4.90 Å². The van der Waals surface area contributed by atoms with Crippen molar-refractivity contribution in [2.45, 2.75) is 20.3 Å². The van der Waals surface area contributed by atoms with Crippen molar-refractivity contribution >= 4 is 6.41 Å². The molecule has 0 atom stereocenters. The first-order chi connectivity index (χ1) is 4.70. The minimum atomic E-state index is -0.170. The summed E-state index contributed by atoms with van der Waals surface area (Å²) < 4.78 is 0. The van der Waals surface area contributed by atoms with Gasteiger partial charge in [0, 0.05) is 6.54 Å². The van der Waals surface area contributed by atoms with Crippen LogP contribution in [0, 0.1) is 5.92 Å². The third-order valence-corrected chi connectivity index (χ3v) is 1.32. The lowest BCUT2D eigenvalue weighted by molar-refractivity contribution is -0.121. The zero-order valence-corrected chi connectivity index (χ0v) is 6.58. The molecule has 0 radical (unpaired) electrons. The van der Waals surface area contributed by atoms with Gasteiger partial charge in [-0.15, -0.1) is 0 Å². The van der Waals surface area contributed by atoms with E-state index in [1.165, 1.54) is 4.90 Å². The predicted molar refractivity (Wildman–Crippen MR) is 39.3 cm³/mol. The SMILES string of the molecule is CC(C)CCN(C=O)CO. The molecule has 0 aromatic rings. The first-order valence-electron chi connectivity index (χ1n) is 3.51. The monoisotopic (exact) mass is 145 g/mol. The van der Waals surface area contributed by atoms with Crippen molar-refractivity contribution in [1.29, 1.82) is 0 Å². The molecule has 1 amide bonds. The summed E-state index contributed by atoms with van der Waals surface area (Å²) in [5.41, 5.74) is 0. The lowest BCUT2D eigenvalue weighted by atomic mass is 10.1. The van der Waals surface area contributed by atoms with Crippen LogP contribution >= 0.6 is 0 Å². The van der Waals surface area contributed by atoms with Crippen LogP contribution in [-0.2, 0) is 4.79 Å². The Hall–Kier alpha value is -0.570. The molecule has 3 heteroatoms. The summed E-state index contributed by atoms with van der Waals surface area (Å²) in [6.07, 6.45) is 1.61. The molecule has 0 aromatic carbocycles. The van der Waals surface area contributed by atoms with E-state index in [9.17, 15) is 4.79 Å². The van der Waals surface area contributed by atoms with Crippen LogP contribution in [0.15, 0.2) is 0 Å². The molecule has 0 bridgehead atoms. The first-order valence-corrected chi connectivity index (χ1v) is 3.51. The summed E-state index contributed by atoms with van der Waals surface area (Å²) in [4.78, 5) is 11.5. The quantitative estimate of drug-likeness (QED) is 0.450. The van der Waals surface area contributed by atoms with E-state index in [-0.39, 0.29) is 6.73 Å². The summed E-state index contributed by atoms with van der Waals surface area (Å²) in [5, 5.41) is 8.53. The topological polar surface area (TPSA) is 40.5 Å². The van der Waals surface area contributed by atoms with E-state index in [1.54, 1.807) is 0 Å². The van der Waals surface area contributed by atoms with Crippen LogP contribution in [0.5, 0.6) is 0 Å². The molecule has 60 valence electrons. The average molecular weight is 145 g/mol. The van der Waals surface area contributed by atoms with Gasteiger partial charge < -0.3 is 10.0 Å². The molecule has 1 N–H and O–H groups in total. The van der Waals surface area contributed by atoms with Crippen LogP contribution in [-0.4, -0.2) is 29.7 Å². The van der Waals surface area contributed by atoms with Gasteiger partial charge in [-0.25, -0.2) is 0 Å². The van der Waals surface area contributed by atoms with Gasteiger partial charge in [0.25, 0.3) is 0 Å². The number of aliphatic hydroxyl groups is 1. The highest BCUT2D eigenvalue weighted by molar-refractivity contribution is 5.46. The molecular weight excluding hydrogens is 130 g/mol. The lowest BCUT2D eigenvalue weighted by Gasteiger charge is -2.14. The van der Waals surface area contributed by atoms with E-state index in [0.29, 0.717) is 18.9 Å². The third-order valence-electron chi connectivity index (χ3n) is 1.32. The zero-order valence-electron chi connectivity index (χ0n) is 6.58. The van der Waals surface area contributed by atoms with Gasteiger partial charge in [-0.05, 0) is 12.3 Å². The summed E-state index contributed by atoms with van der Waals surface area (Å²) in [5.74, 6) is 0.578. The van der Waals surface area contributed by atoms with Crippen molar-refractivity contribution < 1.29 is 9.90 Å². The Balaban J connectivity index is 3.34. The fraction of sp³-hybridized carbons (Fsp3) is 0.857. The number of carbonyl (C=O) groups is 1. The normalized spacial score (nSPS) is 10.0. The van der Waals surface area contributed by atoms with Crippen molar-refractivity contribution in [2.24, 2.45) is 5.92 Å². The van der Waals surface area contributed by atoms with Crippen LogP contribution in [0.3, 0.4) is 0 Å². The van der Waals surface area contributed by atoms with Crippen molar-refractivity contribution in [3.8, 4) is 0 Å². The molecule has 0 saturated heterocycles. The van der Waals surface area contributed by atoms with Gasteiger partial charge in [0.1, 0.15) is 6.73 Å². The fourth-order valence-corrected chi connectivity index (χ4v) is 0.581. The zero-order chi connectivity index (χ0) is 7.98. The Labute approximate surface area is 61.6 Å². The predicted octanol–water partition coefficient (Wildman–Crippen LogP) is 0.441. The van der Waals surface area contributed by atoms with Crippen molar-refractivity contribution in [3.63, 3.8) is 0 Å². The van der Waals surface area contributed by atoms with Crippen molar-refractivity contribution in [2.75, 3.05) is 13.3 Å². The van der Waals surface area contributed by atoms with Crippen LogP contribution < -0.4 is 0 Å². The third kappa shape index (κ3) is 4.32. The molecule has 0 aliphatic heterocycles. The summed E-state index contributed by atoms with van der Waals surface area (Å²) in [6.45, 7) is 4.65. The van der Waals surface area contributed by atoms with E-state index >= 15 is 0 Å². The first kappa shape index (κ1) is 9.43. The highest BCUT2D eigenvalue weighted by Crippen LogP contribution is 1.99. The van der Waals surface area contributed by atoms with E-state index in [2.05, 4.69) is 13.8 Å². The molecule has 0 saturated carbocycles. The van der Waals surface area contributed by atoms with Gasteiger partial charge in [-0.3, -0.25) is 4.79 Å². The van der Waals surface area contributed by atoms with E-state index in [4.69, 9.17) is 5.11 Å². The molecule has 0 aliphatic carbocycles. The second-order valence-electron chi connectivity index (χ2n) is 2.74. The highest BCUT2D eigenvalue weighted by Gasteiger charge is 1.99. The Morgan fingerprint density at radius 2 is 2.20 bits per heavy atom. The number of aliphatic hydroxyl groups excluding tert-OH is 1. The highest BCUT2D eigenvalue weighted by atomic mass is 16.3. The second kappa shape index (κ2) is 5.23. The molecule has 10 heavy (non-hydrogen) atoms. The maximum Gasteiger partial charge on any atom is 0.211 e. The van der Waals surface area contributed by atoms with Gasteiger partial charge in [0.2, 0.25) is 6.41 Å². The van der Waals surface area contributed by atoms with Gasteiger partial charge in [0.15, 0.2) is 0 Å². The molecule has 3 nitrogen and oxygen atoms in total. The van der Waals surface area contributed by atoms with Gasteiger partial charge in [-0.1, -0.05) is 13.8 Å². The molecule has 0 rings (SSSR count). The van der Waals surface area contributed by atoms with Gasteiger partial charge >= 0.3 is 0 Å². The van der Waals surface area contributed by atoms with E-state index in [0.717, 1.165) is 6.42 Å². The number of nitrogens with zero attached hydrogens (tertiary/aromatic N) is 1. The van der Waals surface area contributed by atoms with E-state index in [1.807, 2.05) is 0 Å². The number of hydrogen-bond donors (Lipinski definition) is 1. The summed E-state index contributed by atoms with van der Waals surface area (Å²) >= 11 is 0. The van der Waals surface area contributed by atoms with Crippen LogP contribution in [0.25, 0.3) is 0 Å². The van der Waals surface area contributed by atoms with Gasteiger partial charge in [-0.2, -0.15) is 0 Å². The number of carbonyl (C=O) groups excluding carboxylic acids is 1. The minimum Gasteiger partial charge on any atom is -0.376 e. The van der Waals surface area contributed by atoms with Gasteiger partial charge in [0.05, 0.1) is 0 Å². The number of rotatable bonds is 5. The average Bonchev–Trinajstić information content (AvgIpc) is 1.90. The Bertz CT molecular complexity index is 93.6. The largest absolute Gasteiger partial charge is 0.376 e. The number of hydrogen-bond acceptors (Lipinski definition) is 2. The minimum absolute atomic E-state index is 0.170. The van der Waals surface area contributed by atoms with Crippen LogP contribution in [0.1, 0.15) is 20.3 Å². The molecule has 0 spiro atoms. The smallest absolute Gasteiger partial charge is 0.211 e. The standard InChI is InChI=1S/C7H15NO2/c1-7(2)3-4-8(5-9)6-10/h5,7,10H,3-4,6H2,1-2H3. The molecular formula is C7H15NO2. The van der Waals surface area contributed by atoms with Crippen LogP contribution in [0.4, 0.5) is 0 Å². The number of amides is 1. The summed E-state index contributed by atoms with van der Waals surface area (Å²) in [7, 11) is 0. The maximum absolute atomic E-state index is 10.1. The lowest BCUT2D eigenvalue weighted by Crippen LogP contribution is -2.24. The molecule has 0 heterocycles. The van der Waals surface area contributed by atoms with Crippen LogP contribution in [0.2, 0.25) is 0 Å². The fourth-order valence-electron chi connectivity index (χ4n) is 0.581. The molecule has 0 unspecified atom stereocenters. The second-order valence-corrected chi connectivity index (χ2v) is 2.74. The Kier molecular flexibility index (Phi) is 4.94. The summed E-state index contributed by atoms with van der Waals surface area (Å²) in [6, 6.07) is 0.